The molecule has 1 aromatic heterocycles. The summed E-state index contributed by atoms with van der Waals surface area (Å²) in [5.41, 5.74) is 1.58. The van der Waals surface area contributed by atoms with Crippen LogP contribution in [0.1, 0.15) is 44.9 Å². The Bertz CT molecular complexity index is 1590. The third-order valence-electron chi connectivity index (χ3n) is 5.54. The van der Waals surface area contributed by atoms with E-state index in [9.17, 15) is 14.4 Å². The molecular weight excluding hydrogens is 516 g/mol. The summed E-state index contributed by atoms with van der Waals surface area (Å²) in [4.78, 5) is 43.3. The first-order valence-electron chi connectivity index (χ1n) is 11.6. The maximum Gasteiger partial charge on any atom is 0.338 e. The number of benzene rings is 2. The Morgan fingerprint density at radius 2 is 1.89 bits per heavy atom. The molecule has 0 bridgehead atoms. The standard InChI is InChI=1S/C27H25ClN2O6S/c1-5-34-20-12-11-17(13-21(20)36-16(4)31)14-22-25(32)30-24(18-9-7-8-10-19(18)28)23(26(33)35-6-2)15(3)29-27(30)37-22/h7-14,24H,5-6H2,1-4H3. The quantitative estimate of drug-likeness (QED) is 0.334. The summed E-state index contributed by atoms with van der Waals surface area (Å²) in [6, 6.07) is 11.3. The van der Waals surface area contributed by atoms with E-state index >= 15 is 0 Å². The van der Waals surface area contributed by atoms with E-state index < -0.39 is 18.0 Å². The van der Waals surface area contributed by atoms with Gasteiger partial charge in [-0.15, -0.1) is 0 Å². The highest BCUT2D eigenvalue weighted by atomic mass is 35.5. The van der Waals surface area contributed by atoms with Crippen LogP contribution in [-0.2, 0) is 14.3 Å². The second-order valence-electron chi connectivity index (χ2n) is 8.06. The number of carbonyl (C=O) groups excluding carboxylic acids is 2. The molecule has 0 radical (unpaired) electrons. The molecule has 37 heavy (non-hydrogen) atoms. The number of fused-ring (bicyclic) bond motifs is 1. The van der Waals surface area contributed by atoms with Gasteiger partial charge in [0.15, 0.2) is 16.3 Å². The monoisotopic (exact) mass is 540 g/mol. The molecule has 0 saturated carbocycles. The lowest BCUT2D eigenvalue weighted by Crippen LogP contribution is -2.40. The SMILES string of the molecule is CCOC(=O)C1=C(C)N=c2sc(=Cc3ccc(OCC)c(OC(C)=O)c3)c(=O)n2C1c1ccccc1Cl. The number of carbonyl (C=O) groups is 2. The zero-order chi connectivity index (χ0) is 26.7. The molecule has 0 N–H and O–H groups in total. The van der Waals surface area contributed by atoms with Crippen molar-refractivity contribution in [2.75, 3.05) is 13.2 Å². The van der Waals surface area contributed by atoms with Gasteiger partial charge in [0.25, 0.3) is 5.56 Å². The van der Waals surface area contributed by atoms with Crippen LogP contribution < -0.4 is 24.4 Å². The van der Waals surface area contributed by atoms with E-state index in [4.69, 9.17) is 25.8 Å². The predicted molar refractivity (Wildman–Crippen MR) is 141 cm³/mol. The lowest BCUT2D eigenvalue weighted by atomic mass is 9.96. The van der Waals surface area contributed by atoms with Crippen LogP contribution in [0.15, 0.2) is 63.5 Å². The molecule has 192 valence electrons. The maximum absolute atomic E-state index is 13.7. The summed E-state index contributed by atoms with van der Waals surface area (Å²) in [7, 11) is 0. The summed E-state index contributed by atoms with van der Waals surface area (Å²) in [6.07, 6.45) is 1.68. The molecule has 1 unspecified atom stereocenters. The summed E-state index contributed by atoms with van der Waals surface area (Å²) >= 11 is 7.71. The third-order valence-corrected chi connectivity index (χ3v) is 6.86. The fourth-order valence-electron chi connectivity index (χ4n) is 4.06. The second kappa shape index (κ2) is 11.1. The number of aromatic nitrogens is 1. The number of nitrogens with zero attached hydrogens (tertiary/aromatic N) is 2. The molecule has 3 aromatic rings. The number of allylic oxidation sites excluding steroid dienone is 1. The van der Waals surface area contributed by atoms with Crippen molar-refractivity contribution in [3.63, 3.8) is 0 Å². The molecule has 1 aliphatic rings. The molecule has 2 heterocycles. The van der Waals surface area contributed by atoms with E-state index in [0.717, 1.165) is 0 Å². The van der Waals surface area contributed by atoms with Crippen molar-refractivity contribution in [1.82, 2.24) is 4.57 Å². The van der Waals surface area contributed by atoms with Gasteiger partial charge < -0.3 is 14.2 Å². The predicted octanol–water partition coefficient (Wildman–Crippen LogP) is 3.78. The summed E-state index contributed by atoms with van der Waals surface area (Å²) < 4.78 is 18.0. The van der Waals surface area contributed by atoms with E-state index in [2.05, 4.69) is 4.99 Å². The van der Waals surface area contributed by atoms with Crippen LogP contribution in [0.2, 0.25) is 5.02 Å². The first-order chi connectivity index (χ1) is 17.7. The van der Waals surface area contributed by atoms with Crippen LogP contribution in [0.4, 0.5) is 0 Å². The molecule has 2 aromatic carbocycles. The van der Waals surface area contributed by atoms with E-state index in [0.29, 0.717) is 43.5 Å². The molecule has 0 aliphatic carbocycles. The molecule has 8 nitrogen and oxygen atoms in total. The number of ether oxygens (including phenoxy) is 3. The number of thiazole rings is 1. The van der Waals surface area contributed by atoms with E-state index in [1.54, 1.807) is 62.4 Å². The number of hydrogen-bond donors (Lipinski definition) is 0. The van der Waals surface area contributed by atoms with Gasteiger partial charge in [-0.2, -0.15) is 0 Å². The molecule has 0 fully saturated rings. The highest BCUT2D eigenvalue weighted by Crippen LogP contribution is 2.34. The van der Waals surface area contributed by atoms with Crippen LogP contribution in [0.3, 0.4) is 0 Å². The first-order valence-corrected chi connectivity index (χ1v) is 12.8. The van der Waals surface area contributed by atoms with Crippen LogP contribution in [0.5, 0.6) is 11.5 Å². The Hall–Kier alpha value is -3.69. The molecule has 1 atom stereocenters. The van der Waals surface area contributed by atoms with E-state index in [1.165, 1.54) is 22.8 Å². The topological polar surface area (TPSA) is 96.2 Å². The number of esters is 2. The Morgan fingerprint density at radius 3 is 2.57 bits per heavy atom. The smallest absolute Gasteiger partial charge is 0.338 e. The Labute approximate surface area is 222 Å². The van der Waals surface area contributed by atoms with Gasteiger partial charge in [-0.1, -0.05) is 47.2 Å². The summed E-state index contributed by atoms with van der Waals surface area (Å²) in [5, 5.41) is 0.413. The summed E-state index contributed by atoms with van der Waals surface area (Å²) in [5.74, 6) is -0.366. The third kappa shape index (κ3) is 5.38. The lowest BCUT2D eigenvalue weighted by Gasteiger charge is -2.25. The number of hydrogen-bond acceptors (Lipinski definition) is 8. The van der Waals surface area contributed by atoms with E-state index in [-0.39, 0.29) is 23.5 Å². The Kier molecular flexibility index (Phi) is 7.94. The van der Waals surface area contributed by atoms with Gasteiger partial charge in [-0.25, -0.2) is 9.79 Å². The van der Waals surface area contributed by atoms with Crippen LogP contribution in [0.25, 0.3) is 6.08 Å². The molecule has 10 heteroatoms. The van der Waals surface area contributed by atoms with Gasteiger partial charge in [0, 0.05) is 11.9 Å². The number of rotatable bonds is 7. The number of halogens is 1. The van der Waals surface area contributed by atoms with Crippen molar-refractivity contribution >= 4 is 41.0 Å². The minimum absolute atomic E-state index is 0.178. The molecule has 0 amide bonds. The Morgan fingerprint density at radius 1 is 1.14 bits per heavy atom. The van der Waals surface area contributed by atoms with Crippen LogP contribution >= 0.6 is 22.9 Å². The van der Waals surface area contributed by atoms with Gasteiger partial charge in [0.05, 0.1) is 29.0 Å². The lowest BCUT2D eigenvalue weighted by molar-refractivity contribution is -0.139. The zero-order valence-corrected chi connectivity index (χ0v) is 22.3. The summed E-state index contributed by atoms with van der Waals surface area (Å²) in [6.45, 7) is 7.14. The van der Waals surface area contributed by atoms with Crippen molar-refractivity contribution in [2.45, 2.75) is 33.7 Å². The van der Waals surface area contributed by atoms with Crippen molar-refractivity contribution in [3.05, 3.63) is 89.6 Å². The highest BCUT2D eigenvalue weighted by Gasteiger charge is 2.34. The van der Waals surface area contributed by atoms with Gasteiger partial charge >= 0.3 is 11.9 Å². The molecular formula is C27H25ClN2O6S. The highest BCUT2D eigenvalue weighted by molar-refractivity contribution is 7.07. The van der Waals surface area contributed by atoms with E-state index in [1.807, 2.05) is 6.92 Å². The van der Waals surface area contributed by atoms with Gasteiger partial charge in [-0.3, -0.25) is 14.2 Å². The molecule has 1 aliphatic heterocycles. The first kappa shape index (κ1) is 26.4. The van der Waals surface area contributed by atoms with Crippen molar-refractivity contribution in [2.24, 2.45) is 4.99 Å². The second-order valence-corrected chi connectivity index (χ2v) is 9.47. The average molecular weight is 541 g/mol. The van der Waals surface area contributed by atoms with Crippen molar-refractivity contribution in [3.8, 4) is 11.5 Å². The molecule has 4 rings (SSSR count). The minimum Gasteiger partial charge on any atom is -0.490 e. The largest absolute Gasteiger partial charge is 0.490 e. The Balaban J connectivity index is 1.91. The molecule has 0 spiro atoms. The van der Waals surface area contributed by atoms with Gasteiger partial charge in [0.1, 0.15) is 6.04 Å². The fraction of sp³-hybridized carbons (Fsp3) is 0.259. The van der Waals surface area contributed by atoms with Crippen molar-refractivity contribution < 1.29 is 23.8 Å². The zero-order valence-electron chi connectivity index (χ0n) is 20.7. The average Bonchev–Trinajstić information content (AvgIpc) is 3.14. The van der Waals surface area contributed by atoms with Gasteiger partial charge in [0.2, 0.25) is 0 Å². The van der Waals surface area contributed by atoms with Crippen LogP contribution in [0, 0.1) is 0 Å². The maximum atomic E-state index is 13.7. The van der Waals surface area contributed by atoms with Crippen LogP contribution in [-0.4, -0.2) is 29.7 Å². The fourth-order valence-corrected chi connectivity index (χ4v) is 5.34. The van der Waals surface area contributed by atoms with Gasteiger partial charge in [-0.05, 0) is 56.2 Å². The van der Waals surface area contributed by atoms with Crippen molar-refractivity contribution in [1.29, 1.82) is 0 Å². The normalized spacial score (nSPS) is 15.2. The minimum atomic E-state index is -0.803. The molecule has 0 saturated heterocycles.